The molecule has 5 nitrogen and oxygen atoms in total. The molecule has 2 rings (SSSR count). The van der Waals surface area contributed by atoms with Gasteiger partial charge in [-0.15, -0.1) is 24.8 Å². The quantitative estimate of drug-likeness (QED) is 0.714. The zero-order valence-corrected chi connectivity index (χ0v) is 16.9. The van der Waals surface area contributed by atoms with Crippen molar-refractivity contribution in [2.75, 3.05) is 40.3 Å². The minimum absolute atomic E-state index is 0. The average Bonchev–Trinajstić information content (AvgIpc) is 3.09. The van der Waals surface area contributed by atoms with Gasteiger partial charge in [0.25, 0.3) is 0 Å². The lowest BCUT2D eigenvalue weighted by Gasteiger charge is -2.29. The molecule has 2 atom stereocenters. The lowest BCUT2D eigenvalue weighted by atomic mass is 10.0. The third kappa shape index (κ3) is 7.02. The number of benzene rings is 1. The van der Waals surface area contributed by atoms with Gasteiger partial charge in [0.15, 0.2) is 0 Å². The fourth-order valence-electron chi connectivity index (χ4n) is 3.13. The van der Waals surface area contributed by atoms with Gasteiger partial charge in [-0.3, -0.25) is 9.69 Å². The van der Waals surface area contributed by atoms with Crippen molar-refractivity contribution in [3.8, 4) is 5.75 Å². The Labute approximate surface area is 163 Å². The van der Waals surface area contributed by atoms with Crippen LogP contribution in [0.3, 0.4) is 0 Å². The highest BCUT2D eigenvalue weighted by Gasteiger charge is 2.25. The Morgan fingerprint density at radius 2 is 1.92 bits per heavy atom. The topological polar surface area (TPSA) is 53.6 Å². The van der Waals surface area contributed by atoms with Crippen LogP contribution in [-0.4, -0.2) is 51.1 Å². The highest BCUT2D eigenvalue weighted by atomic mass is 35.5. The van der Waals surface area contributed by atoms with Gasteiger partial charge >= 0.3 is 0 Å². The summed E-state index contributed by atoms with van der Waals surface area (Å²) in [5.41, 5.74) is 1.20. The van der Waals surface area contributed by atoms with Gasteiger partial charge in [0, 0.05) is 19.0 Å². The van der Waals surface area contributed by atoms with E-state index >= 15 is 0 Å². The third-order valence-electron chi connectivity index (χ3n) is 4.49. The molecule has 25 heavy (non-hydrogen) atoms. The highest BCUT2D eigenvalue weighted by molar-refractivity contribution is 5.85. The van der Waals surface area contributed by atoms with Crippen LogP contribution < -0.4 is 15.4 Å². The van der Waals surface area contributed by atoms with Gasteiger partial charge in [-0.2, -0.15) is 0 Å². The van der Waals surface area contributed by atoms with E-state index in [1.165, 1.54) is 18.4 Å². The Morgan fingerprint density at radius 3 is 2.52 bits per heavy atom. The van der Waals surface area contributed by atoms with Gasteiger partial charge in [0.1, 0.15) is 5.75 Å². The van der Waals surface area contributed by atoms with Gasteiger partial charge in [-0.05, 0) is 50.7 Å². The second-order valence-electron chi connectivity index (χ2n) is 6.24. The van der Waals surface area contributed by atoms with E-state index in [0.717, 1.165) is 18.8 Å². The Kier molecular flexibility index (Phi) is 11.9. The van der Waals surface area contributed by atoms with Crippen LogP contribution in [0.1, 0.15) is 31.4 Å². The van der Waals surface area contributed by atoms with Crippen molar-refractivity contribution in [2.24, 2.45) is 5.92 Å². The zero-order valence-electron chi connectivity index (χ0n) is 15.3. The van der Waals surface area contributed by atoms with E-state index in [4.69, 9.17) is 4.74 Å². The predicted octanol–water partition coefficient (Wildman–Crippen LogP) is 2.65. The van der Waals surface area contributed by atoms with Crippen molar-refractivity contribution < 1.29 is 9.53 Å². The lowest BCUT2D eigenvalue weighted by Crippen LogP contribution is -2.40. The van der Waals surface area contributed by atoms with E-state index in [-0.39, 0.29) is 42.7 Å². The van der Waals surface area contributed by atoms with E-state index in [9.17, 15) is 4.79 Å². The van der Waals surface area contributed by atoms with Crippen LogP contribution in [0.15, 0.2) is 24.3 Å². The Morgan fingerprint density at radius 1 is 1.24 bits per heavy atom. The van der Waals surface area contributed by atoms with Gasteiger partial charge in [-0.25, -0.2) is 0 Å². The van der Waals surface area contributed by atoms with Crippen LogP contribution in [0.5, 0.6) is 5.75 Å². The summed E-state index contributed by atoms with van der Waals surface area (Å²) in [6.07, 6.45) is 2.45. The smallest absolute Gasteiger partial charge is 0.224 e. The molecule has 1 fully saturated rings. The van der Waals surface area contributed by atoms with Crippen molar-refractivity contribution in [2.45, 2.75) is 25.8 Å². The molecule has 1 amide bonds. The largest absolute Gasteiger partial charge is 0.497 e. The maximum atomic E-state index is 12.2. The highest BCUT2D eigenvalue weighted by Crippen LogP contribution is 2.27. The average molecular weight is 392 g/mol. The molecule has 7 heteroatoms. The number of hydrogen-bond donors (Lipinski definition) is 2. The summed E-state index contributed by atoms with van der Waals surface area (Å²) in [7, 11) is 3.55. The maximum absolute atomic E-state index is 12.2. The molecule has 144 valence electrons. The zero-order chi connectivity index (χ0) is 16.7. The number of amides is 1. The van der Waals surface area contributed by atoms with Crippen molar-refractivity contribution in [3.63, 3.8) is 0 Å². The number of methoxy groups -OCH3 is 1. The summed E-state index contributed by atoms with van der Waals surface area (Å²) in [4.78, 5) is 14.7. The molecule has 1 aromatic carbocycles. The van der Waals surface area contributed by atoms with Crippen molar-refractivity contribution >= 4 is 30.7 Å². The van der Waals surface area contributed by atoms with Crippen LogP contribution in [0.25, 0.3) is 0 Å². The molecule has 2 N–H and O–H groups in total. The molecule has 0 aromatic heterocycles. The lowest BCUT2D eigenvalue weighted by molar-refractivity contribution is -0.124. The number of nitrogens with one attached hydrogen (secondary N) is 2. The molecule has 0 saturated carbocycles. The summed E-state index contributed by atoms with van der Waals surface area (Å²) in [5.74, 6) is 0.942. The number of halogens is 2. The fraction of sp³-hybridized carbons (Fsp3) is 0.611. The van der Waals surface area contributed by atoms with Gasteiger partial charge in [-0.1, -0.05) is 19.1 Å². The SMILES string of the molecule is CNCC(C)C(=O)NCC(c1cccc(OC)c1)N1CCCC1.Cl.Cl. The fourth-order valence-corrected chi connectivity index (χ4v) is 3.13. The molecule has 0 aliphatic carbocycles. The number of rotatable bonds is 8. The molecule has 0 bridgehead atoms. The minimum Gasteiger partial charge on any atom is -0.497 e. The first-order valence-corrected chi connectivity index (χ1v) is 8.46. The summed E-state index contributed by atoms with van der Waals surface area (Å²) in [5, 5.41) is 6.17. The standard InChI is InChI=1S/C18H29N3O2.2ClH/c1-14(12-19-2)18(22)20-13-17(21-9-4-5-10-21)15-7-6-8-16(11-15)23-3;;/h6-8,11,14,17,19H,4-5,9-10,12-13H2,1-3H3,(H,20,22);2*1H. The van der Waals surface area contributed by atoms with Crippen LogP contribution in [0.2, 0.25) is 0 Å². The van der Waals surface area contributed by atoms with E-state index in [1.807, 2.05) is 26.1 Å². The minimum atomic E-state index is -0.0236. The summed E-state index contributed by atoms with van der Waals surface area (Å²) in [6.45, 7) is 5.45. The van der Waals surface area contributed by atoms with Crippen LogP contribution in [-0.2, 0) is 4.79 Å². The Bertz CT molecular complexity index is 511. The summed E-state index contributed by atoms with van der Waals surface area (Å²) in [6, 6.07) is 8.38. The van der Waals surface area contributed by atoms with Crippen LogP contribution >= 0.6 is 24.8 Å². The van der Waals surface area contributed by atoms with E-state index in [1.54, 1.807) is 7.11 Å². The number of carbonyl (C=O) groups excluding carboxylic acids is 1. The number of hydrogen-bond acceptors (Lipinski definition) is 4. The molecule has 0 spiro atoms. The van der Waals surface area contributed by atoms with Gasteiger partial charge in [0.05, 0.1) is 13.2 Å². The molecule has 2 unspecified atom stereocenters. The predicted molar refractivity (Wildman–Crippen MR) is 107 cm³/mol. The van der Waals surface area contributed by atoms with Crippen molar-refractivity contribution in [1.82, 2.24) is 15.5 Å². The first-order chi connectivity index (χ1) is 11.2. The molecule has 1 heterocycles. The molecular formula is C18H31Cl2N3O2. The number of nitrogens with zero attached hydrogens (tertiary/aromatic N) is 1. The van der Waals surface area contributed by atoms with E-state index in [2.05, 4.69) is 27.7 Å². The Hall–Kier alpha value is -1.01. The Balaban J connectivity index is 0.00000288. The second-order valence-corrected chi connectivity index (χ2v) is 6.24. The normalized spacial score (nSPS) is 16.3. The summed E-state index contributed by atoms with van der Waals surface area (Å²) < 4.78 is 5.35. The molecule has 0 radical (unpaired) electrons. The first-order valence-electron chi connectivity index (χ1n) is 8.46. The monoisotopic (exact) mass is 391 g/mol. The molecule has 1 aliphatic rings. The van der Waals surface area contributed by atoms with Crippen molar-refractivity contribution in [1.29, 1.82) is 0 Å². The van der Waals surface area contributed by atoms with Crippen LogP contribution in [0.4, 0.5) is 0 Å². The number of carbonyl (C=O) groups is 1. The molecule has 1 aliphatic heterocycles. The second kappa shape index (κ2) is 12.4. The molecule has 1 saturated heterocycles. The number of ether oxygens (including phenoxy) is 1. The third-order valence-corrected chi connectivity index (χ3v) is 4.49. The van der Waals surface area contributed by atoms with Gasteiger partial charge < -0.3 is 15.4 Å². The van der Waals surface area contributed by atoms with E-state index < -0.39 is 0 Å². The summed E-state index contributed by atoms with van der Waals surface area (Å²) >= 11 is 0. The van der Waals surface area contributed by atoms with E-state index in [0.29, 0.717) is 13.1 Å². The molecule has 1 aromatic rings. The van der Waals surface area contributed by atoms with Crippen molar-refractivity contribution in [3.05, 3.63) is 29.8 Å². The first kappa shape index (κ1) is 24.0. The maximum Gasteiger partial charge on any atom is 0.224 e. The van der Waals surface area contributed by atoms with Gasteiger partial charge in [0.2, 0.25) is 5.91 Å². The molecular weight excluding hydrogens is 361 g/mol. The van der Waals surface area contributed by atoms with Crippen LogP contribution in [0, 0.1) is 5.92 Å². The number of likely N-dealkylation sites (tertiary alicyclic amines) is 1.